The van der Waals surface area contributed by atoms with Gasteiger partial charge >= 0.3 is 0 Å². The zero-order chi connectivity index (χ0) is 16.1. The number of hydrogen-bond donors (Lipinski definition) is 2. The molecule has 0 atom stereocenters. The molecule has 0 heterocycles. The Morgan fingerprint density at radius 3 is 2.23 bits per heavy atom. The van der Waals surface area contributed by atoms with Gasteiger partial charge in [0.15, 0.2) is 0 Å². The van der Waals surface area contributed by atoms with Crippen molar-refractivity contribution in [1.82, 2.24) is 10.9 Å². The second-order valence-electron chi connectivity index (χ2n) is 4.23. The molecule has 2 aromatic carbocycles. The first-order valence-electron chi connectivity index (χ1n) is 6.21. The molecule has 2 amide bonds. The molecule has 0 saturated carbocycles. The Hall–Kier alpha value is -2.96. The van der Waals surface area contributed by atoms with Gasteiger partial charge in [0.2, 0.25) is 0 Å². The second-order valence-corrected chi connectivity index (χ2v) is 4.23. The molecule has 0 aromatic heterocycles. The van der Waals surface area contributed by atoms with Crippen molar-refractivity contribution in [3.05, 3.63) is 65.2 Å². The summed E-state index contributed by atoms with van der Waals surface area (Å²) in [6.45, 7) is 0. The fraction of sp³-hybridized carbons (Fsp3) is 0.0667. The molecular weight excluding hydrogens is 294 g/mol. The van der Waals surface area contributed by atoms with Gasteiger partial charge in [0.25, 0.3) is 11.8 Å². The number of carbonyl (C=O) groups is 2. The Bertz CT molecular complexity index is 720. The second kappa shape index (κ2) is 6.66. The van der Waals surface area contributed by atoms with Crippen LogP contribution in [-0.2, 0) is 0 Å². The number of para-hydroxylation sites is 1. The lowest BCUT2D eigenvalue weighted by Gasteiger charge is -2.10. The Balaban J connectivity index is 2.06. The van der Waals surface area contributed by atoms with Gasteiger partial charge in [0.05, 0.1) is 18.2 Å². The predicted molar refractivity (Wildman–Crippen MR) is 74.3 cm³/mol. The van der Waals surface area contributed by atoms with Crippen LogP contribution in [-0.4, -0.2) is 18.9 Å². The molecular formula is C15H12F2N2O3. The lowest BCUT2D eigenvalue weighted by atomic mass is 10.2. The molecule has 0 fully saturated rings. The zero-order valence-electron chi connectivity index (χ0n) is 11.5. The summed E-state index contributed by atoms with van der Waals surface area (Å²) < 4.78 is 31.2. The van der Waals surface area contributed by atoms with Crippen LogP contribution in [0, 0.1) is 11.6 Å². The first-order chi connectivity index (χ1) is 10.5. The molecule has 0 spiro atoms. The predicted octanol–water partition coefficient (Wildman–Crippen LogP) is 2.05. The summed E-state index contributed by atoms with van der Waals surface area (Å²) in [5.41, 5.74) is 4.00. The molecule has 22 heavy (non-hydrogen) atoms. The fourth-order valence-corrected chi connectivity index (χ4v) is 1.75. The molecule has 0 radical (unpaired) electrons. The highest BCUT2D eigenvalue weighted by molar-refractivity contribution is 6.00. The fourth-order valence-electron chi connectivity index (χ4n) is 1.75. The molecule has 114 valence electrons. The van der Waals surface area contributed by atoms with Crippen molar-refractivity contribution >= 4 is 11.8 Å². The molecule has 2 N–H and O–H groups in total. The third-order valence-electron chi connectivity index (χ3n) is 2.82. The van der Waals surface area contributed by atoms with E-state index in [1.165, 1.54) is 13.2 Å². The number of hydrazine groups is 1. The number of nitrogens with one attached hydrogen (secondary N) is 2. The van der Waals surface area contributed by atoms with Crippen LogP contribution in [0.5, 0.6) is 5.75 Å². The molecule has 2 rings (SSSR count). The van der Waals surface area contributed by atoms with Gasteiger partial charge in [-0.15, -0.1) is 0 Å². The third-order valence-corrected chi connectivity index (χ3v) is 2.82. The number of methoxy groups -OCH3 is 1. The summed E-state index contributed by atoms with van der Waals surface area (Å²) in [6.07, 6.45) is 0. The SMILES string of the molecule is COc1ccccc1C(=O)NNC(=O)c1ccc(F)cc1F. The monoisotopic (exact) mass is 306 g/mol. The van der Waals surface area contributed by atoms with Crippen molar-refractivity contribution in [2.24, 2.45) is 0 Å². The average Bonchev–Trinajstić information content (AvgIpc) is 2.52. The van der Waals surface area contributed by atoms with Gasteiger partial charge < -0.3 is 4.74 Å². The van der Waals surface area contributed by atoms with Gasteiger partial charge in [-0.3, -0.25) is 20.4 Å². The Morgan fingerprint density at radius 2 is 1.59 bits per heavy atom. The quantitative estimate of drug-likeness (QED) is 0.853. The number of benzene rings is 2. The Labute approximate surface area is 124 Å². The first-order valence-corrected chi connectivity index (χ1v) is 6.21. The molecule has 0 aliphatic rings. The average molecular weight is 306 g/mol. The molecule has 7 heteroatoms. The smallest absolute Gasteiger partial charge is 0.273 e. The van der Waals surface area contributed by atoms with Crippen LogP contribution in [0.3, 0.4) is 0 Å². The number of amides is 2. The van der Waals surface area contributed by atoms with Gasteiger partial charge in [-0.25, -0.2) is 8.78 Å². The summed E-state index contributed by atoms with van der Waals surface area (Å²) in [5.74, 6) is -3.03. The largest absolute Gasteiger partial charge is 0.496 e. The lowest BCUT2D eigenvalue weighted by Crippen LogP contribution is -2.42. The summed E-state index contributed by atoms with van der Waals surface area (Å²) in [4.78, 5) is 23.7. The van der Waals surface area contributed by atoms with Gasteiger partial charge in [0.1, 0.15) is 17.4 Å². The van der Waals surface area contributed by atoms with Crippen LogP contribution >= 0.6 is 0 Å². The highest BCUT2D eigenvalue weighted by Gasteiger charge is 2.15. The van der Waals surface area contributed by atoms with E-state index in [1.807, 2.05) is 0 Å². The van der Waals surface area contributed by atoms with E-state index in [-0.39, 0.29) is 11.1 Å². The standard InChI is InChI=1S/C15H12F2N2O3/c1-22-13-5-3-2-4-11(13)15(21)19-18-14(20)10-7-6-9(16)8-12(10)17/h2-8H,1H3,(H,18,20)(H,19,21). The summed E-state index contributed by atoms with van der Waals surface area (Å²) in [5, 5.41) is 0. The van der Waals surface area contributed by atoms with Gasteiger partial charge in [-0.2, -0.15) is 0 Å². The highest BCUT2D eigenvalue weighted by Crippen LogP contribution is 2.16. The van der Waals surface area contributed by atoms with Crippen molar-refractivity contribution in [3.63, 3.8) is 0 Å². The van der Waals surface area contributed by atoms with E-state index in [2.05, 4.69) is 10.9 Å². The maximum atomic E-state index is 13.4. The zero-order valence-corrected chi connectivity index (χ0v) is 11.5. The molecule has 5 nitrogen and oxygen atoms in total. The van der Waals surface area contributed by atoms with Gasteiger partial charge in [-0.05, 0) is 24.3 Å². The molecule has 0 bridgehead atoms. The van der Waals surface area contributed by atoms with Gasteiger partial charge in [-0.1, -0.05) is 12.1 Å². The maximum Gasteiger partial charge on any atom is 0.273 e. The van der Waals surface area contributed by atoms with Crippen molar-refractivity contribution in [2.45, 2.75) is 0 Å². The highest BCUT2D eigenvalue weighted by atomic mass is 19.1. The van der Waals surface area contributed by atoms with E-state index in [0.29, 0.717) is 11.8 Å². The van der Waals surface area contributed by atoms with E-state index in [1.54, 1.807) is 18.2 Å². The van der Waals surface area contributed by atoms with Crippen LogP contribution in [0.2, 0.25) is 0 Å². The van der Waals surface area contributed by atoms with Crippen LogP contribution in [0.25, 0.3) is 0 Å². The van der Waals surface area contributed by atoms with Crippen LogP contribution < -0.4 is 15.6 Å². The van der Waals surface area contributed by atoms with Crippen LogP contribution in [0.15, 0.2) is 42.5 Å². The maximum absolute atomic E-state index is 13.4. The van der Waals surface area contributed by atoms with Crippen LogP contribution in [0.4, 0.5) is 8.78 Å². The summed E-state index contributed by atoms with van der Waals surface area (Å²) in [6, 6.07) is 8.89. The van der Waals surface area contributed by atoms with Crippen molar-refractivity contribution in [3.8, 4) is 5.75 Å². The number of hydrogen-bond acceptors (Lipinski definition) is 3. The van der Waals surface area contributed by atoms with E-state index in [4.69, 9.17) is 4.74 Å². The van der Waals surface area contributed by atoms with E-state index in [9.17, 15) is 18.4 Å². The number of halogens is 2. The van der Waals surface area contributed by atoms with Gasteiger partial charge in [0, 0.05) is 6.07 Å². The number of rotatable bonds is 3. The molecule has 0 aliphatic carbocycles. The normalized spacial score (nSPS) is 9.95. The first kappa shape index (κ1) is 15.4. The van der Waals surface area contributed by atoms with Crippen LogP contribution in [0.1, 0.15) is 20.7 Å². The molecule has 0 aliphatic heterocycles. The molecule has 0 unspecified atom stereocenters. The van der Waals surface area contributed by atoms with Crippen molar-refractivity contribution in [2.75, 3.05) is 7.11 Å². The van der Waals surface area contributed by atoms with Crippen molar-refractivity contribution < 1.29 is 23.1 Å². The number of ether oxygens (including phenoxy) is 1. The van der Waals surface area contributed by atoms with E-state index in [0.717, 1.165) is 12.1 Å². The third kappa shape index (κ3) is 3.38. The number of carbonyl (C=O) groups excluding carboxylic acids is 2. The summed E-state index contributed by atoms with van der Waals surface area (Å²) >= 11 is 0. The molecule has 2 aromatic rings. The van der Waals surface area contributed by atoms with E-state index >= 15 is 0 Å². The summed E-state index contributed by atoms with van der Waals surface area (Å²) in [7, 11) is 1.40. The Morgan fingerprint density at radius 1 is 0.955 bits per heavy atom. The minimum Gasteiger partial charge on any atom is -0.496 e. The van der Waals surface area contributed by atoms with E-state index < -0.39 is 23.4 Å². The van der Waals surface area contributed by atoms with Crippen molar-refractivity contribution in [1.29, 1.82) is 0 Å². The lowest BCUT2D eigenvalue weighted by molar-refractivity contribution is 0.0842. The topological polar surface area (TPSA) is 67.4 Å². The minimum absolute atomic E-state index is 0.199. The Kier molecular flexibility index (Phi) is 4.67. The minimum atomic E-state index is -1.02. The molecule has 0 saturated heterocycles.